The minimum atomic E-state index is -1.09. The molecule has 0 saturated carbocycles. The molecule has 0 aliphatic carbocycles. The van der Waals surface area contributed by atoms with Crippen LogP contribution in [0.1, 0.15) is 20.7 Å². The summed E-state index contributed by atoms with van der Waals surface area (Å²) in [5, 5.41) is 2.30. The zero-order valence-electron chi connectivity index (χ0n) is 13.1. The van der Waals surface area contributed by atoms with Crippen LogP contribution in [0.2, 0.25) is 0 Å². The molecule has 25 heavy (non-hydrogen) atoms. The minimum absolute atomic E-state index is 0.126. The van der Waals surface area contributed by atoms with E-state index in [1.807, 2.05) is 0 Å². The molecular weight excluding hydrogens is 336 g/mol. The highest BCUT2D eigenvalue weighted by molar-refractivity contribution is 6.07. The van der Waals surface area contributed by atoms with Crippen molar-refractivity contribution in [3.8, 4) is 11.5 Å². The second-order valence-corrected chi connectivity index (χ2v) is 5.09. The van der Waals surface area contributed by atoms with Crippen molar-refractivity contribution in [1.82, 2.24) is 0 Å². The van der Waals surface area contributed by atoms with Crippen molar-refractivity contribution in [2.24, 2.45) is 0 Å². The third-order valence-corrected chi connectivity index (χ3v) is 3.52. The number of halogens is 2. The van der Waals surface area contributed by atoms with Crippen molar-refractivity contribution in [1.29, 1.82) is 0 Å². The minimum Gasteiger partial charge on any atom is -0.486 e. The molecule has 1 heterocycles. The van der Waals surface area contributed by atoms with E-state index in [9.17, 15) is 18.4 Å². The Kier molecular flexibility index (Phi) is 4.51. The topological polar surface area (TPSA) is 73.9 Å². The first-order valence-electron chi connectivity index (χ1n) is 7.28. The summed E-state index contributed by atoms with van der Waals surface area (Å²) in [5.74, 6) is -3.15. The molecule has 2 aromatic carbocycles. The maximum atomic E-state index is 14.0. The normalized spacial score (nSPS) is 12.4. The first kappa shape index (κ1) is 16.7. The monoisotopic (exact) mass is 349 g/mol. The Hall–Kier alpha value is -3.16. The smallest absolute Gasteiger partial charge is 0.340 e. The molecule has 0 bridgehead atoms. The van der Waals surface area contributed by atoms with Crippen molar-refractivity contribution >= 4 is 17.6 Å². The molecule has 130 valence electrons. The number of anilines is 1. The Morgan fingerprint density at radius 1 is 1.08 bits per heavy atom. The molecule has 0 unspecified atom stereocenters. The van der Waals surface area contributed by atoms with Gasteiger partial charge in [0.25, 0.3) is 5.91 Å². The molecule has 0 fully saturated rings. The molecule has 1 amide bonds. The van der Waals surface area contributed by atoms with Crippen LogP contribution in [0.25, 0.3) is 0 Å². The average molecular weight is 349 g/mol. The number of para-hydroxylation sites is 1. The van der Waals surface area contributed by atoms with E-state index in [-0.39, 0.29) is 23.6 Å². The van der Waals surface area contributed by atoms with Gasteiger partial charge in [-0.05, 0) is 18.2 Å². The van der Waals surface area contributed by atoms with Crippen LogP contribution in [0.15, 0.2) is 30.3 Å². The third-order valence-electron chi connectivity index (χ3n) is 3.52. The second-order valence-electron chi connectivity index (χ2n) is 5.09. The number of fused-ring (bicyclic) bond motifs is 1. The fourth-order valence-electron chi connectivity index (χ4n) is 2.35. The summed E-state index contributed by atoms with van der Waals surface area (Å²) in [5.41, 5.74) is -0.726. The summed E-state index contributed by atoms with van der Waals surface area (Å²) in [4.78, 5) is 24.0. The van der Waals surface area contributed by atoms with Gasteiger partial charge < -0.3 is 19.5 Å². The molecule has 8 heteroatoms. The highest BCUT2D eigenvalue weighted by Gasteiger charge is 2.23. The molecule has 1 aliphatic rings. The van der Waals surface area contributed by atoms with Crippen molar-refractivity contribution in [3.05, 3.63) is 53.1 Å². The molecular formula is C17H13F2NO5. The van der Waals surface area contributed by atoms with E-state index < -0.39 is 29.1 Å². The van der Waals surface area contributed by atoms with Gasteiger partial charge in [-0.25, -0.2) is 13.6 Å². The number of hydrogen-bond donors (Lipinski definition) is 1. The summed E-state index contributed by atoms with van der Waals surface area (Å²) >= 11 is 0. The van der Waals surface area contributed by atoms with Gasteiger partial charge in [-0.3, -0.25) is 4.79 Å². The van der Waals surface area contributed by atoms with Crippen LogP contribution in [-0.4, -0.2) is 32.2 Å². The lowest BCUT2D eigenvalue weighted by molar-refractivity contribution is 0.0595. The molecule has 0 radical (unpaired) electrons. The van der Waals surface area contributed by atoms with E-state index in [2.05, 4.69) is 10.1 Å². The second kappa shape index (κ2) is 6.76. The van der Waals surface area contributed by atoms with Gasteiger partial charge in [0.15, 0.2) is 11.5 Å². The van der Waals surface area contributed by atoms with Crippen molar-refractivity contribution in [2.45, 2.75) is 0 Å². The number of esters is 1. The Labute approximate surface area is 141 Å². The molecule has 6 nitrogen and oxygen atoms in total. The van der Waals surface area contributed by atoms with Gasteiger partial charge in [0.1, 0.15) is 24.8 Å². The van der Waals surface area contributed by atoms with Crippen LogP contribution in [0.3, 0.4) is 0 Å². The molecule has 0 saturated heterocycles. The Bertz CT molecular complexity index is 853. The first-order valence-corrected chi connectivity index (χ1v) is 7.28. The molecule has 1 aliphatic heterocycles. The lowest BCUT2D eigenvalue weighted by Gasteiger charge is -2.20. The van der Waals surface area contributed by atoms with E-state index in [4.69, 9.17) is 9.47 Å². The van der Waals surface area contributed by atoms with Gasteiger partial charge in [0.2, 0.25) is 0 Å². The number of carbonyl (C=O) groups is 2. The van der Waals surface area contributed by atoms with Gasteiger partial charge in [-0.15, -0.1) is 0 Å². The number of rotatable bonds is 3. The van der Waals surface area contributed by atoms with Crippen LogP contribution < -0.4 is 14.8 Å². The van der Waals surface area contributed by atoms with Gasteiger partial charge >= 0.3 is 5.97 Å². The third kappa shape index (κ3) is 3.23. The van der Waals surface area contributed by atoms with E-state index in [1.165, 1.54) is 6.07 Å². The molecule has 1 N–H and O–H groups in total. The van der Waals surface area contributed by atoms with Crippen molar-refractivity contribution in [3.63, 3.8) is 0 Å². The first-order chi connectivity index (χ1) is 12.0. The van der Waals surface area contributed by atoms with Crippen LogP contribution in [0.4, 0.5) is 14.5 Å². The standard InChI is InChI=1S/C17H13F2NO5/c1-23-17(22)10-7-13(12(19)8-11(10)18)20-16(21)9-3-2-4-14-15(9)25-6-5-24-14/h2-4,7-8H,5-6H2,1H3,(H,20,21). The van der Waals surface area contributed by atoms with E-state index in [0.29, 0.717) is 18.4 Å². The number of nitrogens with one attached hydrogen (secondary N) is 1. The lowest BCUT2D eigenvalue weighted by Crippen LogP contribution is -2.20. The van der Waals surface area contributed by atoms with E-state index in [0.717, 1.165) is 13.2 Å². The van der Waals surface area contributed by atoms with Crippen molar-refractivity contribution in [2.75, 3.05) is 25.6 Å². The molecule has 0 spiro atoms. The maximum absolute atomic E-state index is 14.0. The predicted octanol–water partition coefficient (Wildman–Crippen LogP) is 2.77. The molecule has 0 atom stereocenters. The summed E-state index contributed by atoms with van der Waals surface area (Å²) < 4.78 is 42.8. The summed E-state index contributed by atoms with van der Waals surface area (Å²) in [6.07, 6.45) is 0. The zero-order chi connectivity index (χ0) is 18.0. The van der Waals surface area contributed by atoms with Gasteiger partial charge in [0.05, 0.1) is 23.9 Å². The van der Waals surface area contributed by atoms with E-state index in [1.54, 1.807) is 12.1 Å². The maximum Gasteiger partial charge on any atom is 0.340 e. The summed E-state index contributed by atoms with van der Waals surface area (Å²) in [6.45, 7) is 0.627. The number of carbonyl (C=O) groups excluding carboxylic acids is 2. The quantitative estimate of drug-likeness (QED) is 0.863. The Morgan fingerprint density at radius 2 is 1.84 bits per heavy atom. The summed E-state index contributed by atoms with van der Waals surface area (Å²) in [7, 11) is 1.07. The molecule has 3 rings (SSSR count). The highest BCUT2D eigenvalue weighted by atomic mass is 19.1. The van der Waals surface area contributed by atoms with Crippen LogP contribution in [0, 0.1) is 11.6 Å². The van der Waals surface area contributed by atoms with Gasteiger partial charge in [0, 0.05) is 6.07 Å². The van der Waals surface area contributed by atoms with Crippen LogP contribution in [-0.2, 0) is 4.74 Å². The molecule has 0 aromatic heterocycles. The Balaban J connectivity index is 1.93. The number of methoxy groups -OCH3 is 1. The zero-order valence-corrected chi connectivity index (χ0v) is 13.1. The van der Waals surface area contributed by atoms with Gasteiger partial charge in [-0.2, -0.15) is 0 Å². The summed E-state index contributed by atoms with van der Waals surface area (Å²) in [6, 6.07) is 6.08. The van der Waals surface area contributed by atoms with Crippen LogP contribution >= 0.6 is 0 Å². The number of benzene rings is 2. The average Bonchev–Trinajstić information content (AvgIpc) is 2.62. The Morgan fingerprint density at radius 3 is 2.60 bits per heavy atom. The van der Waals surface area contributed by atoms with Crippen molar-refractivity contribution < 1.29 is 32.6 Å². The largest absolute Gasteiger partial charge is 0.486 e. The van der Waals surface area contributed by atoms with Gasteiger partial charge in [-0.1, -0.05) is 6.07 Å². The molecule has 2 aromatic rings. The SMILES string of the molecule is COC(=O)c1cc(NC(=O)c2cccc3c2OCCO3)c(F)cc1F. The number of hydrogen-bond acceptors (Lipinski definition) is 5. The van der Waals surface area contributed by atoms with Crippen LogP contribution in [0.5, 0.6) is 11.5 Å². The fraction of sp³-hybridized carbons (Fsp3) is 0.176. The fourth-order valence-corrected chi connectivity index (χ4v) is 2.35. The predicted molar refractivity (Wildman–Crippen MR) is 83.1 cm³/mol. The lowest BCUT2D eigenvalue weighted by atomic mass is 10.1. The number of ether oxygens (including phenoxy) is 3. The highest BCUT2D eigenvalue weighted by Crippen LogP contribution is 2.34. The number of amides is 1. The van der Waals surface area contributed by atoms with E-state index >= 15 is 0 Å².